The quantitative estimate of drug-likeness (QED) is 0.492. The smallest absolute Gasteiger partial charge is 0.263 e. The fourth-order valence-electron chi connectivity index (χ4n) is 7.49. The first-order valence-electron chi connectivity index (χ1n) is 13.9. The van der Waals surface area contributed by atoms with Crippen LogP contribution in [0.5, 0.6) is 0 Å². The summed E-state index contributed by atoms with van der Waals surface area (Å²) in [6.45, 7) is 14.7. The number of hydrogen-bond donors (Lipinski definition) is 1. The molecule has 0 amide bonds. The van der Waals surface area contributed by atoms with Gasteiger partial charge in [-0.1, -0.05) is 6.92 Å². The molecule has 2 aromatic heterocycles. The number of nitrogens with zero attached hydrogens (tertiary/aromatic N) is 5. The van der Waals surface area contributed by atoms with Gasteiger partial charge in [0.2, 0.25) is 5.95 Å². The van der Waals surface area contributed by atoms with Crippen LogP contribution in [-0.2, 0) is 5.54 Å². The van der Waals surface area contributed by atoms with Crippen LogP contribution in [0.25, 0.3) is 11.0 Å². The molecule has 1 aromatic carbocycles. The maximum absolute atomic E-state index is 13.6. The number of rotatable bonds is 6. The van der Waals surface area contributed by atoms with Gasteiger partial charge in [0.15, 0.2) is 5.78 Å². The summed E-state index contributed by atoms with van der Waals surface area (Å²) in [6.07, 6.45) is 3.71. The average molecular weight is 513 g/mol. The molecule has 38 heavy (non-hydrogen) atoms. The number of carbonyl (C=O) groups is 1. The van der Waals surface area contributed by atoms with Crippen molar-refractivity contribution in [3.8, 4) is 0 Å². The Labute approximate surface area is 223 Å². The molecular formula is C30H36N6O2. The van der Waals surface area contributed by atoms with Crippen LogP contribution < -0.4 is 15.8 Å². The molecule has 2 saturated heterocycles. The number of carbonyl (C=O) groups excluding carboxylic acids is 1. The van der Waals surface area contributed by atoms with E-state index in [9.17, 15) is 9.59 Å². The highest BCUT2D eigenvalue weighted by atomic mass is 16.1. The second-order valence-electron chi connectivity index (χ2n) is 12.7. The Bertz CT molecular complexity index is 1520. The second-order valence-corrected chi connectivity index (χ2v) is 12.7. The lowest BCUT2D eigenvalue weighted by molar-refractivity contribution is -0.162. The van der Waals surface area contributed by atoms with Crippen molar-refractivity contribution in [3.05, 3.63) is 51.9 Å². The largest absolute Gasteiger partial charge is 0.370 e. The Morgan fingerprint density at radius 3 is 2.34 bits per heavy atom. The molecule has 1 N–H and O–H groups in total. The van der Waals surface area contributed by atoms with E-state index in [0.717, 1.165) is 37.0 Å². The molecule has 3 saturated carbocycles. The predicted molar refractivity (Wildman–Crippen MR) is 149 cm³/mol. The van der Waals surface area contributed by atoms with Gasteiger partial charge in [-0.25, -0.2) is 4.98 Å². The number of nitrogens with one attached hydrogen (secondary N) is 1. The van der Waals surface area contributed by atoms with E-state index >= 15 is 0 Å². The van der Waals surface area contributed by atoms with Gasteiger partial charge in [-0.3, -0.25) is 19.1 Å². The molecule has 1 spiro atoms. The van der Waals surface area contributed by atoms with Crippen LogP contribution >= 0.6 is 0 Å². The van der Waals surface area contributed by atoms with E-state index in [1.54, 1.807) is 6.20 Å². The Balaban J connectivity index is 1.15. The first-order valence-corrected chi connectivity index (χ1v) is 13.9. The molecule has 5 aliphatic rings. The first-order chi connectivity index (χ1) is 18.1. The van der Waals surface area contributed by atoms with Gasteiger partial charge in [0.05, 0.1) is 11.1 Å². The van der Waals surface area contributed by atoms with Crippen LogP contribution in [0.3, 0.4) is 0 Å². The molecule has 2 aliphatic heterocycles. The Morgan fingerprint density at radius 2 is 1.79 bits per heavy atom. The number of anilines is 3. The lowest BCUT2D eigenvalue weighted by atomic mass is 9.42. The predicted octanol–water partition coefficient (Wildman–Crippen LogP) is 4.33. The fourth-order valence-corrected chi connectivity index (χ4v) is 7.49. The van der Waals surface area contributed by atoms with Crippen LogP contribution in [-0.4, -0.2) is 57.4 Å². The molecule has 2 bridgehead atoms. The summed E-state index contributed by atoms with van der Waals surface area (Å²) >= 11 is 0. The van der Waals surface area contributed by atoms with E-state index in [4.69, 9.17) is 4.98 Å². The van der Waals surface area contributed by atoms with Gasteiger partial charge in [-0.15, -0.1) is 0 Å². The summed E-state index contributed by atoms with van der Waals surface area (Å²) in [7, 11) is 0. The van der Waals surface area contributed by atoms with Gasteiger partial charge >= 0.3 is 0 Å². The Kier molecular flexibility index (Phi) is 4.94. The molecule has 3 aliphatic carbocycles. The minimum atomic E-state index is -0.230. The molecule has 8 heteroatoms. The van der Waals surface area contributed by atoms with Crippen LogP contribution in [0.15, 0.2) is 35.3 Å². The molecule has 4 heterocycles. The molecule has 8 rings (SSSR count). The minimum Gasteiger partial charge on any atom is -0.370 e. The summed E-state index contributed by atoms with van der Waals surface area (Å²) in [5.74, 6) is 1.33. The van der Waals surface area contributed by atoms with Crippen molar-refractivity contribution in [3.63, 3.8) is 0 Å². The lowest BCUT2D eigenvalue weighted by Gasteiger charge is -2.68. The van der Waals surface area contributed by atoms with E-state index in [0.29, 0.717) is 40.5 Å². The fraction of sp³-hybridized carbons (Fsp3) is 0.533. The number of fused-ring (bicyclic) bond motifs is 1. The van der Waals surface area contributed by atoms with Gasteiger partial charge in [-0.05, 0) is 82.2 Å². The Hall–Kier alpha value is -3.26. The highest BCUT2D eigenvalue weighted by Gasteiger charge is 2.65. The summed E-state index contributed by atoms with van der Waals surface area (Å²) in [5, 5.41) is 4.11. The zero-order chi connectivity index (χ0) is 26.6. The SMILES string of the molecule is CC(=O)c1c(C)c2cnc(Nc3ccc(N4CC5(C4)CN(C(C)C)C5)cc3)nc2n(C23CC(C2)[C@H]3C)c1=O. The van der Waals surface area contributed by atoms with Gasteiger partial charge in [-0.2, -0.15) is 4.98 Å². The van der Waals surface area contributed by atoms with Crippen molar-refractivity contribution in [2.75, 3.05) is 36.4 Å². The zero-order valence-corrected chi connectivity index (χ0v) is 22.9. The third kappa shape index (κ3) is 3.19. The third-order valence-corrected chi connectivity index (χ3v) is 10.1. The van der Waals surface area contributed by atoms with Crippen LogP contribution in [0.2, 0.25) is 0 Å². The molecule has 198 valence electrons. The van der Waals surface area contributed by atoms with Gasteiger partial charge in [0, 0.05) is 60.6 Å². The van der Waals surface area contributed by atoms with Crippen LogP contribution in [0.1, 0.15) is 56.5 Å². The highest BCUT2D eigenvalue weighted by Crippen LogP contribution is 2.66. The Morgan fingerprint density at radius 1 is 1.11 bits per heavy atom. The number of aromatic nitrogens is 3. The van der Waals surface area contributed by atoms with Gasteiger partial charge < -0.3 is 10.2 Å². The summed E-state index contributed by atoms with van der Waals surface area (Å²) in [4.78, 5) is 40.5. The van der Waals surface area contributed by atoms with Crippen molar-refractivity contribution in [2.45, 2.75) is 59.0 Å². The van der Waals surface area contributed by atoms with E-state index in [1.165, 1.54) is 25.7 Å². The monoisotopic (exact) mass is 512 g/mol. The molecule has 1 atom stereocenters. The van der Waals surface area contributed by atoms with Crippen molar-refractivity contribution >= 4 is 34.1 Å². The number of aryl methyl sites for hydroxylation is 1. The van der Waals surface area contributed by atoms with E-state index < -0.39 is 0 Å². The summed E-state index contributed by atoms with van der Waals surface area (Å²) < 4.78 is 1.83. The molecular weight excluding hydrogens is 476 g/mol. The molecule has 8 nitrogen and oxygen atoms in total. The summed E-state index contributed by atoms with van der Waals surface area (Å²) in [6, 6.07) is 9.07. The second kappa shape index (κ2) is 7.88. The number of likely N-dealkylation sites (tertiary alicyclic amines) is 1. The topological polar surface area (TPSA) is 83.4 Å². The highest BCUT2D eigenvalue weighted by molar-refractivity contribution is 5.99. The van der Waals surface area contributed by atoms with Crippen molar-refractivity contribution in [1.29, 1.82) is 0 Å². The van der Waals surface area contributed by atoms with Gasteiger partial charge in [0.1, 0.15) is 5.65 Å². The van der Waals surface area contributed by atoms with Crippen molar-refractivity contribution in [1.82, 2.24) is 19.4 Å². The molecule has 3 aromatic rings. The van der Waals surface area contributed by atoms with Crippen LogP contribution in [0, 0.1) is 24.2 Å². The molecule has 0 radical (unpaired) electrons. The first kappa shape index (κ1) is 23.8. The van der Waals surface area contributed by atoms with Gasteiger partial charge in [0.25, 0.3) is 5.56 Å². The number of hydrogen-bond acceptors (Lipinski definition) is 7. The van der Waals surface area contributed by atoms with E-state index in [-0.39, 0.29) is 22.4 Å². The summed E-state index contributed by atoms with van der Waals surface area (Å²) in [5.41, 5.74) is 3.74. The average Bonchev–Trinajstić information content (AvgIpc) is 2.79. The maximum Gasteiger partial charge on any atom is 0.263 e. The zero-order valence-electron chi connectivity index (χ0n) is 22.9. The van der Waals surface area contributed by atoms with Crippen LogP contribution in [0.4, 0.5) is 17.3 Å². The number of ketones is 1. The number of Topliss-reactive ketones (excluding diaryl/α,β-unsaturated/α-hetero) is 1. The van der Waals surface area contributed by atoms with E-state index in [2.05, 4.69) is 65.1 Å². The minimum absolute atomic E-state index is 0.202. The normalized spacial score (nSPS) is 27.1. The lowest BCUT2D eigenvalue weighted by Crippen LogP contribution is -2.73. The maximum atomic E-state index is 13.6. The number of benzene rings is 1. The van der Waals surface area contributed by atoms with E-state index in [1.807, 2.05) is 11.5 Å². The van der Waals surface area contributed by atoms with Crippen molar-refractivity contribution in [2.24, 2.45) is 17.3 Å². The van der Waals surface area contributed by atoms with Crippen molar-refractivity contribution < 1.29 is 4.79 Å². The third-order valence-electron chi connectivity index (χ3n) is 10.1. The standard InChI is InChI=1S/C30H36N6O2/c1-17(2)34-13-29(14-34)15-35(16-29)23-8-6-22(7-9-23)32-28-31-12-24-18(3)25(20(5)37)27(38)36(26(24)33-28)30-10-21(11-30)19(30)4/h6-9,12,17,19,21H,10-11,13-16H2,1-5H3,(H,31,32,33)/t19-,21?,30?/m1/s1. The molecule has 5 fully saturated rings. The molecule has 0 unspecified atom stereocenters. The number of pyridine rings is 1.